The molecule has 0 spiro atoms. The van der Waals surface area contributed by atoms with E-state index < -0.39 is 0 Å². The quantitative estimate of drug-likeness (QED) is 0.830. The van der Waals surface area contributed by atoms with Crippen LogP contribution in [0.25, 0.3) is 6.08 Å². The van der Waals surface area contributed by atoms with E-state index in [9.17, 15) is 9.18 Å². The van der Waals surface area contributed by atoms with E-state index >= 15 is 0 Å². The molecule has 1 heterocycles. The molecule has 0 radical (unpaired) electrons. The van der Waals surface area contributed by atoms with Crippen molar-refractivity contribution in [1.29, 1.82) is 0 Å². The van der Waals surface area contributed by atoms with Gasteiger partial charge >= 0.3 is 0 Å². The lowest BCUT2D eigenvalue weighted by atomic mass is 9.81. The van der Waals surface area contributed by atoms with Gasteiger partial charge in [0.05, 0.1) is 0 Å². The second-order valence-corrected chi connectivity index (χ2v) is 7.11. The van der Waals surface area contributed by atoms with E-state index in [1.54, 1.807) is 18.2 Å². The topological polar surface area (TPSA) is 32.3 Å². The van der Waals surface area contributed by atoms with E-state index in [2.05, 4.69) is 44.1 Å². The fourth-order valence-electron chi connectivity index (χ4n) is 3.29. The summed E-state index contributed by atoms with van der Waals surface area (Å²) in [6.07, 6.45) is 3.12. The van der Waals surface area contributed by atoms with Crippen LogP contribution in [0.4, 0.5) is 15.8 Å². The van der Waals surface area contributed by atoms with Crippen LogP contribution in [0.1, 0.15) is 31.9 Å². The summed E-state index contributed by atoms with van der Waals surface area (Å²) < 4.78 is 12.9. The largest absolute Gasteiger partial charge is 0.371 e. The van der Waals surface area contributed by atoms with E-state index in [0.717, 1.165) is 16.9 Å². The number of carbonyl (C=O) groups is 1. The summed E-state index contributed by atoms with van der Waals surface area (Å²) in [6, 6.07) is 12.5. The molecule has 2 aromatic carbocycles. The zero-order chi connectivity index (χ0) is 18.2. The van der Waals surface area contributed by atoms with Gasteiger partial charge in [-0.2, -0.15) is 0 Å². The molecule has 4 heteroatoms. The molecule has 1 aliphatic heterocycles. The number of benzene rings is 2. The number of amides is 1. The highest BCUT2D eigenvalue weighted by molar-refractivity contribution is 6.02. The Balaban J connectivity index is 1.74. The van der Waals surface area contributed by atoms with Gasteiger partial charge in [-0.1, -0.05) is 32.0 Å². The van der Waals surface area contributed by atoms with Crippen LogP contribution in [-0.4, -0.2) is 19.0 Å². The first-order valence-electron chi connectivity index (χ1n) is 8.41. The van der Waals surface area contributed by atoms with Gasteiger partial charge in [-0.15, -0.1) is 0 Å². The van der Waals surface area contributed by atoms with Crippen LogP contribution in [0.5, 0.6) is 0 Å². The zero-order valence-corrected chi connectivity index (χ0v) is 15.0. The highest BCUT2D eigenvalue weighted by atomic mass is 19.1. The van der Waals surface area contributed by atoms with Gasteiger partial charge in [-0.25, -0.2) is 4.39 Å². The van der Waals surface area contributed by atoms with E-state index in [-0.39, 0.29) is 17.1 Å². The molecule has 1 unspecified atom stereocenters. The first kappa shape index (κ1) is 17.2. The van der Waals surface area contributed by atoms with Gasteiger partial charge in [-0.3, -0.25) is 4.79 Å². The first-order valence-corrected chi connectivity index (χ1v) is 8.41. The first-order chi connectivity index (χ1) is 11.8. The maximum absolute atomic E-state index is 12.9. The van der Waals surface area contributed by atoms with Crippen molar-refractivity contribution in [3.05, 3.63) is 65.5 Å². The predicted octanol–water partition coefficient (Wildman–Crippen LogP) is 4.59. The molecule has 130 valence electrons. The molecule has 0 saturated heterocycles. The van der Waals surface area contributed by atoms with Gasteiger partial charge in [0.25, 0.3) is 0 Å². The molecule has 3 nitrogen and oxygen atoms in total. The van der Waals surface area contributed by atoms with Gasteiger partial charge in [-0.05, 0) is 48.4 Å². The van der Waals surface area contributed by atoms with Gasteiger partial charge in [0.2, 0.25) is 5.91 Å². The molecular formula is C21H23FN2O. The Bertz CT molecular complexity index is 824. The maximum Gasteiger partial charge on any atom is 0.248 e. The van der Waals surface area contributed by atoms with Crippen LogP contribution in [0.2, 0.25) is 0 Å². The van der Waals surface area contributed by atoms with E-state index in [1.807, 2.05) is 12.1 Å². The SMILES string of the molecule is CC1N(C)c2cc(NC(=O)/C=C/c3ccc(F)cc3)ccc2C1(C)C. The number of rotatable bonds is 3. The van der Waals surface area contributed by atoms with E-state index in [0.29, 0.717) is 6.04 Å². The number of fused-ring (bicyclic) bond motifs is 1. The maximum atomic E-state index is 12.9. The number of nitrogens with one attached hydrogen (secondary N) is 1. The molecule has 0 aromatic heterocycles. The van der Waals surface area contributed by atoms with E-state index in [1.165, 1.54) is 23.8 Å². The molecule has 25 heavy (non-hydrogen) atoms. The highest BCUT2D eigenvalue weighted by Gasteiger charge is 2.40. The Morgan fingerprint density at radius 3 is 2.56 bits per heavy atom. The number of hydrogen-bond donors (Lipinski definition) is 1. The molecule has 1 aliphatic rings. The van der Waals surface area contributed by atoms with Gasteiger partial charge < -0.3 is 10.2 Å². The van der Waals surface area contributed by atoms with Crippen LogP contribution in [0, 0.1) is 5.82 Å². The third kappa shape index (κ3) is 3.29. The molecule has 1 atom stereocenters. The van der Waals surface area contributed by atoms with Crippen molar-refractivity contribution < 1.29 is 9.18 Å². The Hall–Kier alpha value is -2.62. The number of carbonyl (C=O) groups excluding carboxylic acids is 1. The minimum Gasteiger partial charge on any atom is -0.371 e. The summed E-state index contributed by atoms with van der Waals surface area (Å²) >= 11 is 0. The fourth-order valence-corrected chi connectivity index (χ4v) is 3.29. The molecule has 3 rings (SSSR count). The summed E-state index contributed by atoms with van der Waals surface area (Å²) in [5.41, 5.74) is 4.07. The van der Waals surface area contributed by atoms with Crippen LogP contribution < -0.4 is 10.2 Å². The van der Waals surface area contributed by atoms with E-state index in [4.69, 9.17) is 0 Å². The van der Waals surface area contributed by atoms with Crippen molar-refractivity contribution in [2.45, 2.75) is 32.2 Å². The van der Waals surface area contributed by atoms with Crippen LogP contribution >= 0.6 is 0 Å². The van der Waals surface area contributed by atoms with Crippen molar-refractivity contribution in [2.24, 2.45) is 0 Å². The van der Waals surface area contributed by atoms with Crippen molar-refractivity contribution in [2.75, 3.05) is 17.3 Å². The average Bonchev–Trinajstić information content (AvgIpc) is 2.75. The number of likely N-dealkylation sites (N-methyl/N-ethyl adjacent to an activating group) is 1. The van der Waals surface area contributed by atoms with Crippen molar-refractivity contribution in [3.63, 3.8) is 0 Å². The molecule has 0 bridgehead atoms. The lowest BCUT2D eigenvalue weighted by molar-refractivity contribution is -0.111. The van der Waals surface area contributed by atoms with Crippen molar-refractivity contribution in [3.8, 4) is 0 Å². The average molecular weight is 338 g/mol. The predicted molar refractivity (Wildman–Crippen MR) is 101 cm³/mol. The number of nitrogens with zero attached hydrogens (tertiary/aromatic N) is 1. The second-order valence-electron chi connectivity index (χ2n) is 7.11. The molecule has 1 amide bonds. The highest BCUT2D eigenvalue weighted by Crippen LogP contribution is 2.45. The summed E-state index contributed by atoms with van der Waals surface area (Å²) in [7, 11) is 2.08. The molecule has 0 saturated carbocycles. The summed E-state index contributed by atoms with van der Waals surface area (Å²) in [5, 5.41) is 2.89. The standard InChI is InChI=1S/C21H23FN2O/c1-14-21(2,3)18-11-10-17(13-19(18)24(14)4)23-20(25)12-7-15-5-8-16(22)9-6-15/h5-14H,1-4H3,(H,23,25)/b12-7+. The normalized spacial score (nSPS) is 18.4. The Labute approximate surface area is 148 Å². The molecule has 0 aliphatic carbocycles. The molecule has 1 N–H and O–H groups in total. The summed E-state index contributed by atoms with van der Waals surface area (Å²) in [6.45, 7) is 6.69. The number of halogens is 1. The van der Waals surface area contributed by atoms with Crippen LogP contribution in [-0.2, 0) is 10.2 Å². The Morgan fingerprint density at radius 1 is 1.20 bits per heavy atom. The lowest BCUT2D eigenvalue weighted by Gasteiger charge is -2.28. The van der Waals surface area contributed by atoms with Crippen LogP contribution in [0.15, 0.2) is 48.5 Å². The Morgan fingerprint density at radius 2 is 1.88 bits per heavy atom. The zero-order valence-electron chi connectivity index (χ0n) is 15.0. The van der Waals surface area contributed by atoms with Crippen molar-refractivity contribution >= 4 is 23.4 Å². The smallest absolute Gasteiger partial charge is 0.248 e. The second kappa shape index (κ2) is 6.36. The van der Waals surface area contributed by atoms with Gasteiger partial charge in [0.15, 0.2) is 0 Å². The fraction of sp³-hybridized carbons (Fsp3) is 0.286. The molecular weight excluding hydrogens is 315 g/mol. The minimum absolute atomic E-state index is 0.0785. The minimum atomic E-state index is -0.291. The lowest BCUT2D eigenvalue weighted by Crippen LogP contribution is -2.36. The monoisotopic (exact) mass is 338 g/mol. The molecule has 2 aromatic rings. The third-order valence-electron chi connectivity index (χ3n) is 5.26. The van der Waals surface area contributed by atoms with Gasteiger partial charge in [0, 0.05) is 36.0 Å². The Kier molecular flexibility index (Phi) is 4.38. The number of anilines is 2. The summed E-state index contributed by atoms with van der Waals surface area (Å²) in [5.74, 6) is -0.502. The van der Waals surface area contributed by atoms with Crippen LogP contribution in [0.3, 0.4) is 0 Å². The third-order valence-corrected chi connectivity index (χ3v) is 5.26. The molecule has 0 fully saturated rings. The summed E-state index contributed by atoms with van der Waals surface area (Å²) in [4.78, 5) is 14.4. The van der Waals surface area contributed by atoms with Gasteiger partial charge in [0.1, 0.15) is 5.82 Å². The number of hydrogen-bond acceptors (Lipinski definition) is 2. The van der Waals surface area contributed by atoms with Crippen molar-refractivity contribution in [1.82, 2.24) is 0 Å².